The van der Waals surface area contributed by atoms with Crippen LogP contribution in [0.15, 0.2) is 36.7 Å². The number of rotatable bonds is 4. The lowest BCUT2D eigenvalue weighted by molar-refractivity contribution is 0.301. The van der Waals surface area contributed by atoms with Crippen molar-refractivity contribution in [1.29, 1.82) is 0 Å². The van der Waals surface area contributed by atoms with Gasteiger partial charge in [0.1, 0.15) is 0 Å². The standard InChI is InChI=1S/C20H28N2/c1-14(2)18-11-10-17(13-22-18)20(6,7)19(4,5)16-9-8-15(3)21-12-16/h8-14H,1-7H3. The lowest BCUT2D eigenvalue weighted by atomic mass is 9.61. The fraction of sp³-hybridized carbons (Fsp3) is 0.500. The molecule has 2 nitrogen and oxygen atoms in total. The molecule has 2 rings (SSSR count). The molecule has 0 amide bonds. The van der Waals surface area contributed by atoms with E-state index >= 15 is 0 Å². The van der Waals surface area contributed by atoms with Crippen LogP contribution < -0.4 is 0 Å². The molecule has 0 fully saturated rings. The van der Waals surface area contributed by atoms with E-state index < -0.39 is 0 Å². The van der Waals surface area contributed by atoms with Gasteiger partial charge in [0.2, 0.25) is 0 Å². The zero-order valence-electron chi connectivity index (χ0n) is 14.9. The Balaban J connectivity index is 2.40. The Labute approximate surface area is 135 Å². The quantitative estimate of drug-likeness (QED) is 0.778. The lowest BCUT2D eigenvalue weighted by Gasteiger charge is -2.42. The van der Waals surface area contributed by atoms with Crippen LogP contribution in [-0.2, 0) is 10.8 Å². The Bertz CT molecular complexity index is 620. The van der Waals surface area contributed by atoms with Gasteiger partial charge in [-0.3, -0.25) is 9.97 Å². The first-order valence-electron chi connectivity index (χ1n) is 8.06. The van der Waals surface area contributed by atoms with Gasteiger partial charge in [-0.2, -0.15) is 0 Å². The second-order valence-corrected chi connectivity index (χ2v) is 7.56. The average molecular weight is 296 g/mol. The van der Waals surface area contributed by atoms with Crippen LogP contribution in [0.5, 0.6) is 0 Å². The van der Waals surface area contributed by atoms with Crippen LogP contribution in [0.3, 0.4) is 0 Å². The van der Waals surface area contributed by atoms with Crippen LogP contribution in [0.4, 0.5) is 0 Å². The summed E-state index contributed by atoms with van der Waals surface area (Å²) in [6, 6.07) is 8.67. The van der Waals surface area contributed by atoms with Gasteiger partial charge in [-0.15, -0.1) is 0 Å². The van der Waals surface area contributed by atoms with E-state index in [0.717, 1.165) is 11.4 Å². The van der Waals surface area contributed by atoms with Gasteiger partial charge in [0.05, 0.1) is 0 Å². The molecule has 0 aliphatic carbocycles. The van der Waals surface area contributed by atoms with Crippen molar-refractivity contribution in [1.82, 2.24) is 9.97 Å². The molecule has 2 aromatic rings. The van der Waals surface area contributed by atoms with E-state index in [0.29, 0.717) is 5.92 Å². The first kappa shape index (κ1) is 16.7. The topological polar surface area (TPSA) is 25.8 Å². The summed E-state index contributed by atoms with van der Waals surface area (Å²) < 4.78 is 0. The Morgan fingerprint density at radius 3 is 1.64 bits per heavy atom. The van der Waals surface area contributed by atoms with Crippen molar-refractivity contribution < 1.29 is 0 Å². The SMILES string of the molecule is Cc1ccc(C(C)(C)C(C)(C)c2ccc(C(C)C)nc2)cn1. The second kappa shape index (κ2) is 5.83. The zero-order chi connectivity index (χ0) is 16.5. The minimum absolute atomic E-state index is 0.0330. The Morgan fingerprint density at radius 1 is 0.773 bits per heavy atom. The Kier molecular flexibility index (Phi) is 4.42. The summed E-state index contributed by atoms with van der Waals surface area (Å²) in [4.78, 5) is 9.12. The van der Waals surface area contributed by atoms with Crippen molar-refractivity contribution >= 4 is 0 Å². The number of aromatic nitrogens is 2. The first-order chi connectivity index (χ1) is 10.2. The number of hydrogen-bond donors (Lipinski definition) is 0. The molecule has 0 aromatic carbocycles. The van der Waals surface area contributed by atoms with Gasteiger partial charge in [0.15, 0.2) is 0 Å². The maximum absolute atomic E-state index is 4.65. The number of nitrogens with zero attached hydrogens (tertiary/aromatic N) is 2. The largest absolute Gasteiger partial charge is 0.261 e. The first-order valence-corrected chi connectivity index (χ1v) is 8.06. The molecule has 0 saturated heterocycles. The van der Waals surface area contributed by atoms with Crippen molar-refractivity contribution in [2.24, 2.45) is 0 Å². The minimum atomic E-state index is -0.0353. The molecule has 2 heteroatoms. The highest BCUT2D eigenvalue weighted by Crippen LogP contribution is 2.43. The molecule has 0 atom stereocenters. The maximum Gasteiger partial charge on any atom is 0.0429 e. The van der Waals surface area contributed by atoms with E-state index in [1.807, 2.05) is 19.3 Å². The third kappa shape index (κ3) is 2.92. The van der Waals surface area contributed by atoms with Gasteiger partial charge in [-0.25, -0.2) is 0 Å². The van der Waals surface area contributed by atoms with Gasteiger partial charge in [-0.05, 0) is 36.1 Å². The highest BCUT2D eigenvalue weighted by molar-refractivity contribution is 5.35. The number of aryl methyl sites for hydroxylation is 1. The Morgan fingerprint density at radius 2 is 1.27 bits per heavy atom. The van der Waals surface area contributed by atoms with Gasteiger partial charge >= 0.3 is 0 Å². The van der Waals surface area contributed by atoms with E-state index in [4.69, 9.17) is 0 Å². The third-order valence-electron chi connectivity index (χ3n) is 5.30. The van der Waals surface area contributed by atoms with Crippen LogP contribution in [0, 0.1) is 6.92 Å². The molecule has 0 aliphatic rings. The average Bonchev–Trinajstić information content (AvgIpc) is 2.47. The molecule has 0 radical (unpaired) electrons. The van der Waals surface area contributed by atoms with Gasteiger partial charge in [0, 0.05) is 34.6 Å². The molecule has 0 N–H and O–H groups in total. The third-order valence-corrected chi connectivity index (χ3v) is 5.30. The van der Waals surface area contributed by atoms with E-state index in [1.54, 1.807) is 0 Å². The molecule has 118 valence electrons. The molecule has 2 aromatic heterocycles. The van der Waals surface area contributed by atoms with Crippen LogP contribution >= 0.6 is 0 Å². The molecular formula is C20H28N2. The van der Waals surface area contributed by atoms with Crippen LogP contribution in [0.1, 0.15) is 70.0 Å². The summed E-state index contributed by atoms with van der Waals surface area (Å²) >= 11 is 0. The van der Waals surface area contributed by atoms with Crippen LogP contribution in [-0.4, -0.2) is 9.97 Å². The second-order valence-electron chi connectivity index (χ2n) is 7.56. The van der Waals surface area contributed by atoms with Crippen LogP contribution in [0.2, 0.25) is 0 Å². The number of hydrogen-bond acceptors (Lipinski definition) is 2. The summed E-state index contributed by atoms with van der Waals surface area (Å²) in [5.74, 6) is 0.464. The highest BCUT2D eigenvalue weighted by atomic mass is 14.7. The van der Waals surface area contributed by atoms with Gasteiger partial charge in [-0.1, -0.05) is 53.7 Å². The van der Waals surface area contributed by atoms with Crippen molar-refractivity contribution in [2.75, 3.05) is 0 Å². The molecular weight excluding hydrogens is 268 g/mol. The predicted octanol–water partition coefficient (Wildman–Crippen LogP) is 5.16. The molecule has 0 spiro atoms. The summed E-state index contributed by atoms with van der Waals surface area (Å²) in [7, 11) is 0. The fourth-order valence-corrected chi connectivity index (χ4v) is 2.68. The molecule has 0 saturated carbocycles. The normalized spacial score (nSPS) is 12.7. The van der Waals surface area contributed by atoms with E-state index in [-0.39, 0.29) is 10.8 Å². The van der Waals surface area contributed by atoms with Gasteiger partial charge in [0.25, 0.3) is 0 Å². The smallest absolute Gasteiger partial charge is 0.0429 e. The lowest BCUT2D eigenvalue weighted by Crippen LogP contribution is -2.40. The van der Waals surface area contributed by atoms with E-state index in [2.05, 4.69) is 75.8 Å². The summed E-state index contributed by atoms with van der Waals surface area (Å²) in [5.41, 5.74) is 4.66. The molecule has 0 unspecified atom stereocenters. The number of pyridine rings is 2. The minimum Gasteiger partial charge on any atom is -0.261 e. The van der Waals surface area contributed by atoms with Crippen LogP contribution in [0.25, 0.3) is 0 Å². The monoisotopic (exact) mass is 296 g/mol. The Hall–Kier alpha value is -1.70. The molecule has 0 bridgehead atoms. The van der Waals surface area contributed by atoms with E-state index in [9.17, 15) is 0 Å². The predicted molar refractivity (Wildman–Crippen MR) is 93.4 cm³/mol. The summed E-state index contributed by atoms with van der Waals surface area (Å²) in [5, 5.41) is 0. The molecule has 2 heterocycles. The molecule has 0 aliphatic heterocycles. The van der Waals surface area contributed by atoms with Crippen molar-refractivity contribution in [3.05, 3.63) is 59.2 Å². The zero-order valence-corrected chi connectivity index (χ0v) is 14.9. The summed E-state index contributed by atoms with van der Waals surface area (Å²) in [6.45, 7) is 15.5. The molecule has 22 heavy (non-hydrogen) atoms. The van der Waals surface area contributed by atoms with Crippen molar-refractivity contribution in [2.45, 2.75) is 65.2 Å². The van der Waals surface area contributed by atoms with Crippen molar-refractivity contribution in [3.63, 3.8) is 0 Å². The van der Waals surface area contributed by atoms with E-state index in [1.165, 1.54) is 11.1 Å². The van der Waals surface area contributed by atoms with Gasteiger partial charge < -0.3 is 0 Å². The maximum atomic E-state index is 4.65. The van der Waals surface area contributed by atoms with Crippen molar-refractivity contribution in [3.8, 4) is 0 Å². The fourth-order valence-electron chi connectivity index (χ4n) is 2.68. The highest BCUT2D eigenvalue weighted by Gasteiger charge is 2.40. The summed E-state index contributed by atoms with van der Waals surface area (Å²) in [6.07, 6.45) is 4.05.